The second-order valence-corrected chi connectivity index (χ2v) is 8.06. The van der Waals surface area contributed by atoms with Gasteiger partial charge in [0.25, 0.3) is 0 Å². The van der Waals surface area contributed by atoms with E-state index in [0.29, 0.717) is 5.92 Å². The molecule has 1 aromatic carbocycles. The van der Waals surface area contributed by atoms with Crippen LogP contribution in [0.15, 0.2) is 29.6 Å². The van der Waals surface area contributed by atoms with Gasteiger partial charge in [-0.05, 0) is 23.5 Å². The van der Waals surface area contributed by atoms with E-state index in [4.69, 9.17) is 16.6 Å². The minimum absolute atomic E-state index is 0.133. The van der Waals surface area contributed by atoms with Crippen LogP contribution in [-0.2, 0) is 18.3 Å². The second-order valence-electron chi connectivity index (χ2n) is 6.65. The predicted octanol–water partition coefficient (Wildman–Crippen LogP) is 5.14. The summed E-state index contributed by atoms with van der Waals surface area (Å²) in [5.74, 6) is 0.480. The largest absolute Gasteiger partial charge is 0.246 e. The molecule has 0 N–H and O–H groups in total. The molecule has 106 valence electrons. The zero-order valence-electron chi connectivity index (χ0n) is 12.2. The van der Waals surface area contributed by atoms with Gasteiger partial charge in [-0.15, -0.1) is 22.9 Å². The fourth-order valence-electron chi connectivity index (χ4n) is 2.78. The van der Waals surface area contributed by atoms with E-state index in [0.717, 1.165) is 12.8 Å². The first-order valence-corrected chi connectivity index (χ1v) is 8.43. The number of halogens is 1. The fourth-order valence-corrected chi connectivity index (χ4v) is 4.28. The molecule has 0 spiro atoms. The third-order valence-corrected chi connectivity index (χ3v) is 5.47. The summed E-state index contributed by atoms with van der Waals surface area (Å²) in [5.41, 5.74) is 4.05. The van der Waals surface area contributed by atoms with Crippen LogP contribution in [0.1, 0.15) is 48.0 Å². The Bertz CT molecular complexity index is 611. The van der Waals surface area contributed by atoms with Crippen LogP contribution in [0.3, 0.4) is 0 Å². The summed E-state index contributed by atoms with van der Waals surface area (Å²) in [6.07, 6.45) is 2.07. The molecule has 2 atom stereocenters. The monoisotopic (exact) mass is 305 g/mol. The van der Waals surface area contributed by atoms with E-state index in [1.54, 1.807) is 11.3 Å². The maximum Gasteiger partial charge on any atom is 0.0932 e. The predicted molar refractivity (Wildman–Crippen MR) is 86.7 cm³/mol. The Morgan fingerprint density at radius 1 is 1.30 bits per heavy atom. The van der Waals surface area contributed by atoms with Gasteiger partial charge in [-0.25, -0.2) is 4.98 Å². The van der Waals surface area contributed by atoms with Gasteiger partial charge in [-0.3, -0.25) is 0 Å². The van der Waals surface area contributed by atoms with Gasteiger partial charge in [0.05, 0.1) is 16.1 Å². The van der Waals surface area contributed by atoms with E-state index in [1.807, 2.05) is 0 Å². The minimum Gasteiger partial charge on any atom is -0.246 e. The number of rotatable bonds is 2. The van der Waals surface area contributed by atoms with Gasteiger partial charge < -0.3 is 0 Å². The molecule has 20 heavy (non-hydrogen) atoms. The molecule has 1 heterocycles. The Morgan fingerprint density at radius 3 is 2.70 bits per heavy atom. The zero-order valence-corrected chi connectivity index (χ0v) is 13.8. The summed E-state index contributed by atoms with van der Waals surface area (Å²) in [6.45, 7) is 6.63. The standard InChI is InChI=1S/C17H20ClNS/c1-17(2,3)14-10-20-15(19-14)9-12-8-11-6-4-5-7-13(11)16(12)18/h4-7,10,12,16H,8-9H2,1-3H3. The van der Waals surface area contributed by atoms with Crippen LogP contribution in [0.2, 0.25) is 0 Å². The molecule has 0 bridgehead atoms. The van der Waals surface area contributed by atoms with Gasteiger partial charge in [0.2, 0.25) is 0 Å². The summed E-state index contributed by atoms with van der Waals surface area (Å²) in [5, 5.41) is 3.55. The van der Waals surface area contributed by atoms with Crippen molar-refractivity contribution in [2.75, 3.05) is 0 Å². The number of benzene rings is 1. The van der Waals surface area contributed by atoms with Crippen LogP contribution in [0.5, 0.6) is 0 Å². The highest BCUT2D eigenvalue weighted by atomic mass is 35.5. The number of aromatic nitrogens is 1. The summed E-state index contributed by atoms with van der Waals surface area (Å²) < 4.78 is 0. The van der Waals surface area contributed by atoms with Crippen LogP contribution in [0.4, 0.5) is 0 Å². The molecule has 0 fully saturated rings. The number of fused-ring (bicyclic) bond motifs is 1. The minimum atomic E-state index is 0.133. The Kier molecular flexibility index (Phi) is 3.64. The third kappa shape index (κ3) is 2.64. The normalized spacial score (nSPS) is 22.0. The SMILES string of the molecule is CC(C)(C)c1csc(CC2Cc3ccccc3C2Cl)n1. The molecule has 0 saturated carbocycles. The number of hydrogen-bond donors (Lipinski definition) is 0. The van der Waals surface area contributed by atoms with E-state index in [9.17, 15) is 0 Å². The van der Waals surface area contributed by atoms with E-state index in [1.165, 1.54) is 21.8 Å². The molecule has 3 rings (SSSR count). The summed E-state index contributed by atoms with van der Waals surface area (Å²) in [6, 6.07) is 8.55. The first-order chi connectivity index (χ1) is 9.45. The van der Waals surface area contributed by atoms with Crippen molar-refractivity contribution in [3.05, 3.63) is 51.5 Å². The average Bonchev–Trinajstić information content (AvgIpc) is 2.97. The van der Waals surface area contributed by atoms with Crippen molar-refractivity contribution in [3.63, 3.8) is 0 Å². The number of hydrogen-bond acceptors (Lipinski definition) is 2. The van der Waals surface area contributed by atoms with Gasteiger partial charge in [-0.1, -0.05) is 45.0 Å². The topological polar surface area (TPSA) is 12.9 Å². The molecule has 1 nitrogen and oxygen atoms in total. The quantitative estimate of drug-likeness (QED) is 0.700. The summed E-state index contributed by atoms with van der Waals surface area (Å²) in [7, 11) is 0. The molecule has 1 aliphatic carbocycles. The highest BCUT2D eigenvalue weighted by molar-refractivity contribution is 7.09. The molecule has 0 radical (unpaired) electrons. The highest BCUT2D eigenvalue weighted by Gasteiger charge is 2.31. The van der Waals surface area contributed by atoms with Crippen LogP contribution in [0.25, 0.3) is 0 Å². The van der Waals surface area contributed by atoms with E-state index < -0.39 is 0 Å². The van der Waals surface area contributed by atoms with Crippen LogP contribution in [0, 0.1) is 5.92 Å². The maximum atomic E-state index is 6.63. The smallest absolute Gasteiger partial charge is 0.0932 e. The Labute approximate surface area is 130 Å². The van der Waals surface area contributed by atoms with Crippen LogP contribution >= 0.6 is 22.9 Å². The Hall–Kier alpha value is -0.860. The molecule has 0 amide bonds. The van der Waals surface area contributed by atoms with Crippen molar-refractivity contribution in [2.24, 2.45) is 5.92 Å². The molecule has 2 aromatic rings. The summed E-state index contributed by atoms with van der Waals surface area (Å²) >= 11 is 8.41. The third-order valence-electron chi connectivity index (χ3n) is 4.01. The van der Waals surface area contributed by atoms with Gasteiger partial charge in [0, 0.05) is 17.2 Å². The van der Waals surface area contributed by atoms with Gasteiger partial charge in [0.15, 0.2) is 0 Å². The fraction of sp³-hybridized carbons (Fsp3) is 0.471. The first kappa shape index (κ1) is 14.1. The van der Waals surface area contributed by atoms with E-state index in [-0.39, 0.29) is 10.8 Å². The second kappa shape index (κ2) is 5.16. The van der Waals surface area contributed by atoms with Crippen LogP contribution < -0.4 is 0 Å². The number of thiazole rings is 1. The average molecular weight is 306 g/mol. The molecular weight excluding hydrogens is 286 g/mol. The lowest BCUT2D eigenvalue weighted by atomic mass is 9.93. The van der Waals surface area contributed by atoms with E-state index in [2.05, 4.69) is 50.4 Å². The van der Waals surface area contributed by atoms with Crippen LogP contribution in [-0.4, -0.2) is 4.98 Å². The molecule has 1 aliphatic rings. The molecule has 0 saturated heterocycles. The molecule has 3 heteroatoms. The molecule has 1 aromatic heterocycles. The number of alkyl halides is 1. The van der Waals surface area contributed by atoms with Crippen molar-refractivity contribution in [3.8, 4) is 0 Å². The highest BCUT2D eigenvalue weighted by Crippen LogP contribution is 2.42. The molecular formula is C17H20ClNS. The lowest BCUT2D eigenvalue weighted by molar-refractivity contribution is 0.533. The maximum absolute atomic E-state index is 6.63. The zero-order chi connectivity index (χ0) is 14.3. The first-order valence-electron chi connectivity index (χ1n) is 7.12. The summed E-state index contributed by atoms with van der Waals surface area (Å²) in [4.78, 5) is 4.80. The Balaban J connectivity index is 1.76. The van der Waals surface area contributed by atoms with Crippen molar-refractivity contribution >= 4 is 22.9 Å². The van der Waals surface area contributed by atoms with Gasteiger partial charge >= 0.3 is 0 Å². The molecule has 2 unspecified atom stereocenters. The van der Waals surface area contributed by atoms with Crippen molar-refractivity contribution in [1.29, 1.82) is 0 Å². The number of nitrogens with zero attached hydrogens (tertiary/aromatic N) is 1. The van der Waals surface area contributed by atoms with Gasteiger partial charge in [-0.2, -0.15) is 0 Å². The van der Waals surface area contributed by atoms with Crippen molar-refractivity contribution < 1.29 is 0 Å². The van der Waals surface area contributed by atoms with E-state index >= 15 is 0 Å². The van der Waals surface area contributed by atoms with Crippen molar-refractivity contribution in [1.82, 2.24) is 4.98 Å². The molecule has 0 aliphatic heterocycles. The van der Waals surface area contributed by atoms with Crippen molar-refractivity contribution in [2.45, 2.75) is 44.4 Å². The van der Waals surface area contributed by atoms with Gasteiger partial charge in [0.1, 0.15) is 0 Å². The Morgan fingerprint density at radius 2 is 2.05 bits per heavy atom. The lowest BCUT2D eigenvalue weighted by Gasteiger charge is -2.15. The lowest BCUT2D eigenvalue weighted by Crippen LogP contribution is -2.12.